The Bertz CT molecular complexity index is 817. The van der Waals surface area contributed by atoms with Crippen LogP contribution in [0.2, 0.25) is 0 Å². The molecule has 0 fully saturated rings. The number of phenols is 1. The Morgan fingerprint density at radius 2 is 1.83 bits per heavy atom. The number of halogens is 2. The highest BCUT2D eigenvalue weighted by molar-refractivity contribution is 5.36. The van der Waals surface area contributed by atoms with Gasteiger partial charge in [0.25, 0.3) is 0 Å². The van der Waals surface area contributed by atoms with E-state index in [4.69, 9.17) is 4.74 Å². The summed E-state index contributed by atoms with van der Waals surface area (Å²) in [6, 6.07) is 8.20. The van der Waals surface area contributed by atoms with Crippen molar-refractivity contribution in [1.29, 1.82) is 0 Å². The molecule has 158 valence electrons. The van der Waals surface area contributed by atoms with Gasteiger partial charge >= 0.3 is 0 Å². The largest absolute Gasteiger partial charge is 0.508 e. The third kappa shape index (κ3) is 6.13. The van der Waals surface area contributed by atoms with Crippen LogP contribution in [0.1, 0.15) is 30.4 Å². The summed E-state index contributed by atoms with van der Waals surface area (Å²) < 4.78 is 32.2. The molecule has 5 nitrogen and oxygen atoms in total. The summed E-state index contributed by atoms with van der Waals surface area (Å²) in [7, 11) is 0. The summed E-state index contributed by atoms with van der Waals surface area (Å²) in [5, 5.41) is 33.2. The fourth-order valence-electron chi connectivity index (χ4n) is 3.56. The van der Waals surface area contributed by atoms with Crippen molar-refractivity contribution in [1.82, 2.24) is 5.32 Å². The maximum Gasteiger partial charge on any atom is 0.126 e. The van der Waals surface area contributed by atoms with Crippen LogP contribution in [-0.2, 0) is 12.8 Å². The average molecular weight is 407 g/mol. The second-order valence-corrected chi connectivity index (χ2v) is 7.49. The molecule has 2 aromatic carbocycles. The maximum atomic E-state index is 13.2. The number of ether oxygens (including phenoxy) is 1. The minimum Gasteiger partial charge on any atom is -0.508 e. The van der Waals surface area contributed by atoms with Crippen molar-refractivity contribution >= 4 is 0 Å². The molecule has 0 radical (unpaired) electrons. The Morgan fingerprint density at radius 1 is 1.07 bits per heavy atom. The second kappa shape index (κ2) is 10.0. The summed E-state index contributed by atoms with van der Waals surface area (Å²) >= 11 is 0. The van der Waals surface area contributed by atoms with Gasteiger partial charge in [0.05, 0.1) is 6.10 Å². The van der Waals surface area contributed by atoms with Crippen molar-refractivity contribution in [3.8, 4) is 11.5 Å². The third-order valence-electron chi connectivity index (χ3n) is 5.19. The Labute approximate surface area is 169 Å². The lowest BCUT2D eigenvalue weighted by Gasteiger charge is -2.30. The number of rotatable bonds is 9. The number of nitrogens with one attached hydrogen (secondary N) is 1. The van der Waals surface area contributed by atoms with Gasteiger partial charge in [-0.15, -0.1) is 0 Å². The number of aliphatic hydroxyl groups is 2. The highest BCUT2D eigenvalue weighted by atomic mass is 19.1. The lowest BCUT2D eigenvalue weighted by atomic mass is 9.99. The molecule has 0 saturated heterocycles. The molecule has 0 bridgehead atoms. The van der Waals surface area contributed by atoms with Crippen LogP contribution in [-0.4, -0.2) is 46.7 Å². The molecule has 0 amide bonds. The number of hydrogen-bond donors (Lipinski definition) is 4. The molecule has 0 saturated carbocycles. The summed E-state index contributed by atoms with van der Waals surface area (Å²) in [5.41, 5.74) is 1.33. The van der Waals surface area contributed by atoms with Crippen molar-refractivity contribution in [3.05, 3.63) is 59.2 Å². The number of hydrogen-bond acceptors (Lipinski definition) is 5. The SMILES string of the molecule is Oc1ccc(F)cc1CCCC(O)CNCC(O)C1CCc2cc(F)ccc2O1. The Hall–Kier alpha value is -2.22. The Kier molecular flexibility index (Phi) is 7.41. The minimum atomic E-state index is -0.746. The summed E-state index contributed by atoms with van der Waals surface area (Å²) in [4.78, 5) is 0. The summed E-state index contributed by atoms with van der Waals surface area (Å²) in [5.74, 6) is -0.0393. The molecule has 0 aliphatic carbocycles. The van der Waals surface area contributed by atoms with Crippen LogP contribution in [0.3, 0.4) is 0 Å². The smallest absolute Gasteiger partial charge is 0.126 e. The zero-order valence-electron chi connectivity index (χ0n) is 16.2. The van der Waals surface area contributed by atoms with E-state index in [1.54, 1.807) is 6.07 Å². The van der Waals surface area contributed by atoms with Crippen molar-refractivity contribution in [2.45, 2.75) is 50.4 Å². The van der Waals surface area contributed by atoms with Gasteiger partial charge in [0.2, 0.25) is 0 Å². The van der Waals surface area contributed by atoms with Crippen LogP contribution >= 0.6 is 0 Å². The molecular weight excluding hydrogens is 380 g/mol. The highest BCUT2D eigenvalue weighted by Crippen LogP contribution is 2.29. The van der Waals surface area contributed by atoms with Gasteiger partial charge in [-0.1, -0.05) is 0 Å². The zero-order valence-corrected chi connectivity index (χ0v) is 16.2. The molecule has 7 heteroatoms. The first-order valence-corrected chi connectivity index (χ1v) is 9.91. The van der Waals surface area contributed by atoms with E-state index < -0.39 is 18.0 Å². The molecule has 4 N–H and O–H groups in total. The minimum absolute atomic E-state index is 0.0546. The predicted octanol–water partition coefficient (Wildman–Crippen LogP) is 2.70. The topological polar surface area (TPSA) is 82.0 Å². The van der Waals surface area contributed by atoms with Crippen LogP contribution in [0.15, 0.2) is 36.4 Å². The summed E-state index contributed by atoms with van der Waals surface area (Å²) in [6.07, 6.45) is 1.05. The van der Waals surface area contributed by atoms with Gasteiger partial charge < -0.3 is 25.4 Å². The first kappa shape index (κ1) is 21.5. The molecule has 2 aromatic rings. The molecule has 3 unspecified atom stereocenters. The first-order chi connectivity index (χ1) is 13.9. The fraction of sp³-hybridized carbons (Fsp3) is 0.455. The van der Waals surface area contributed by atoms with E-state index in [2.05, 4.69) is 5.32 Å². The molecule has 1 aliphatic rings. The van der Waals surface area contributed by atoms with Gasteiger partial charge in [-0.2, -0.15) is 0 Å². The van der Waals surface area contributed by atoms with Gasteiger partial charge in [0, 0.05) is 13.1 Å². The maximum absolute atomic E-state index is 13.2. The van der Waals surface area contributed by atoms with E-state index in [1.165, 1.54) is 30.3 Å². The molecule has 1 aliphatic heterocycles. The number of phenolic OH excluding ortho intramolecular Hbond substituents is 1. The van der Waals surface area contributed by atoms with Crippen LogP contribution < -0.4 is 10.1 Å². The molecule has 29 heavy (non-hydrogen) atoms. The quantitative estimate of drug-likeness (QED) is 0.514. The lowest BCUT2D eigenvalue weighted by Crippen LogP contribution is -2.43. The van der Waals surface area contributed by atoms with Crippen molar-refractivity contribution < 1.29 is 28.8 Å². The Morgan fingerprint density at radius 3 is 2.66 bits per heavy atom. The zero-order chi connectivity index (χ0) is 20.8. The lowest BCUT2D eigenvalue weighted by molar-refractivity contribution is 0.0224. The van der Waals surface area contributed by atoms with E-state index in [0.29, 0.717) is 50.0 Å². The van der Waals surface area contributed by atoms with Crippen molar-refractivity contribution in [2.75, 3.05) is 13.1 Å². The van der Waals surface area contributed by atoms with E-state index >= 15 is 0 Å². The van der Waals surface area contributed by atoms with Crippen LogP contribution in [0.25, 0.3) is 0 Å². The number of benzene rings is 2. The van der Waals surface area contributed by atoms with Gasteiger partial charge in [0.15, 0.2) is 0 Å². The van der Waals surface area contributed by atoms with Crippen LogP contribution in [0.4, 0.5) is 8.78 Å². The van der Waals surface area contributed by atoms with Gasteiger partial charge in [-0.25, -0.2) is 8.78 Å². The normalized spacial score (nSPS) is 18.0. The van der Waals surface area contributed by atoms with E-state index in [-0.39, 0.29) is 24.2 Å². The number of aliphatic hydroxyl groups excluding tert-OH is 2. The summed E-state index contributed by atoms with van der Waals surface area (Å²) in [6.45, 7) is 0.573. The number of aromatic hydroxyl groups is 1. The molecular formula is C22H27F2NO4. The van der Waals surface area contributed by atoms with Crippen molar-refractivity contribution in [2.24, 2.45) is 0 Å². The first-order valence-electron chi connectivity index (χ1n) is 9.91. The van der Waals surface area contributed by atoms with E-state index in [0.717, 1.165) is 5.56 Å². The molecule has 0 aromatic heterocycles. The predicted molar refractivity (Wildman–Crippen MR) is 105 cm³/mol. The monoisotopic (exact) mass is 407 g/mol. The molecule has 0 spiro atoms. The highest BCUT2D eigenvalue weighted by Gasteiger charge is 2.26. The Balaban J connectivity index is 1.35. The van der Waals surface area contributed by atoms with Gasteiger partial charge in [-0.05, 0) is 79.6 Å². The number of aryl methyl sites for hydroxylation is 2. The fourth-order valence-corrected chi connectivity index (χ4v) is 3.56. The third-order valence-corrected chi connectivity index (χ3v) is 5.19. The van der Waals surface area contributed by atoms with E-state index in [9.17, 15) is 24.1 Å². The van der Waals surface area contributed by atoms with Crippen LogP contribution in [0, 0.1) is 11.6 Å². The second-order valence-electron chi connectivity index (χ2n) is 7.49. The number of fused-ring (bicyclic) bond motifs is 1. The molecule has 3 atom stereocenters. The van der Waals surface area contributed by atoms with Gasteiger partial charge in [0.1, 0.15) is 35.3 Å². The average Bonchev–Trinajstić information content (AvgIpc) is 2.70. The molecule has 3 rings (SSSR count). The standard InChI is InChI=1S/C22H27F2NO4/c23-16-5-7-19(27)14(10-16)2-1-3-18(26)12-25-13-20(28)22-8-4-15-11-17(24)6-9-21(15)29-22/h5-7,9-11,18,20,22,25-28H,1-4,8,12-13H2. The van der Waals surface area contributed by atoms with Gasteiger partial charge in [-0.3, -0.25) is 0 Å². The van der Waals surface area contributed by atoms with Crippen molar-refractivity contribution in [3.63, 3.8) is 0 Å². The van der Waals surface area contributed by atoms with Crippen LogP contribution in [0.5, 0.6) is 11.5 Å². The van der Waals surface area contributed by atoms with E-state index in [1.807, 2.05) is 0 Å². The molecule has 1 heterocycles.